The van der Waals surface area contributed by atoms with E-state index in [-0.39, 0.29) is 16.7 Å². The molecule has 11 heteroatoms. The molecule has 0 N–H and O–H groups in total. The van der Waals surface area contributed by atoms with Gasteiger partial charge in [0.2, 0.25) is 5.91 Å². The Balaban J connectivity index is 1.60. The number of sulfonamides is 1. The molecule has 3 aromatic rings. The number of carbonyl (C=O) groups is 1. The van der Waals surface area contributed by atoms with Gasteiger partial charge >= 0.3 is 0 Å². The van der Waals surface area contributed by atoms with Crippen molar-refractivity contribution in [3.05, 3.63) is 40.2 Å². The van der Waals surface area contributed by atoms with Gasteiger partial charge in [0.05, 0.1) is 20.5 Å². The van der Waals surface area contributed by atoms with Crippen molar-refractivity contribution in [2.24, 2.45) is 5.92 Å². The summed E-state index contributed by atoms with van der Waals surface area (Å²) in [6.07, 6.45) is 2.23. The topological polar surface area (TPSA) is 73.8 Å². The van der Waals surface area contributed by atoms with Crippen LogP contribution in [0.3, 0.4) is 0 Å². The first-order valence-corrected chi connectivity index (χ1v) is 14.7. The van der Waals surface area contributed by atoms with Gasteiger partial charge in [-0.3, -0.25) is 9.69 Å². The van der Waals surface area contributed by atoms with Gasteiger partial charge in [-0.2, -0.15) is 4.31 Å². The van der Waals surface area contributed by atoms with E-state index in [1.54, 1.807) is 11.0 Å². The second-order valence-corrected chi connectivity index (χ2v) is 13.6. The summed E-state index contributed by atoms with van der Waals surface area (Å²) in [5.74, 6) is -0.486. The smallest absolute Gasteiger partial charge is 0.252 e. The summed E-state index contributed by atoms with van der Waals surface area (Å²) in [6, 6.07) is 9.32. The second kappa shape index (κ2) is 10.6. The van der Waals surface area contributed by atoms with Crippen molar-refractivity contribution in [2.75, 3.05) is 45.2 Å². The van der Waals surface area contributed by atoms with Crippen LogP contribution in [0.2, 0.25) is 4.34 Å². The minimum atomic E-state index is -3.68. The molecule has 0 radical (unpaired) electrons. The number of hydrogen-bond acceptors (Lipinski definition) is 7. The SMILES string of the molecule is CCc1ccc2nc(N(CCN(C)C)C(=O)C3CCCN(S(=O)(=O)c4ccc(Cl)s4)C3)sc2c1. The highest BCUT2D eigenvalue weighted by Gasteiger charge is 2.36. The van der Waals surface area contributed by atoms with Crippen LogP contribution in [-0.4, -0.2) is 68.8 Å². The molecule has 34 heavy (non-hydrogen) atoms. The Hall–Kier alpha value is -1.56. The van der Waals surface area contributed by atoms with Crippen LogP contribution in [0, 0.1) is 5.92 Å². The molecule has 2 aromatic heterocycles. The van der Waals surface area contributed by atoms with Crippen molar-refractivity contribution >= 4 is 65.6 Å². The zero-order chi connectivity index (χ0) is 24.5. The number of thiophene rings is 1. The van der Waals surface area contributed by atoms with Gasteiger partial charge in [0.1, 0.15) is 4.21 Å². The zero-order valence-corrected chi connectivity index (χ0v) is 22.7. The molecule has 0 spiro atoms. The Morgan fingerprint density at radius 2 is 2.00 bits per heavy atom. The van der Waals surface area contributed by atoms with Crippen LogP contribution in [0.5, 0.6) is 0 Å². The minimum absolute atomic E-state index is 0.0688. The normalized spacial score (nSPS) is 17.5. The number of benzene rings is 1. The Kier molecular flexibility index (Phi) is 7.95. The summed E-state index contributed by atoms with van der Waals surface area (Å²) in [6.45, 7) is 3.86. The summed E-state index contributed by atoms with van der Waals surface area (Å²) in [7, 11) is 0.259. The number of nitrogens with zero attached hydrogens (tertiary/aromatic N) is 4. The van der Waals surface area contributed by atoms with Crippen LogP contribution in [-0.2, 0) is 21.2 Å². The number of aromatic nitrogens is 1. The number of thiazole rings is 1. The summed E-state index contributed by atoms with van der Waals surface area (Å²) in [4.78, 5) is 22.3. The average Bonchev–Trinajstić information content (AvgIpc) is 3.45. The summed E-state index contributed by atoms with van der Waals surface area (Å²) in [5.41, 5.74) is 2.11. The Morgan fingerprint density at radius 1 is 1.21 bits per heavy atom. The molecule has 1 fully saturated rings. The first kappa shape index (κ1) is 25.5. The monoisotopic (exact) mass is 540 g/mol. The van der Waals surface area contributed by atoms with Crippen LogP contribution in [0.15, 0.2) is 34.5 Å². The van der Waals surface area contributed by atoms with E-state index in [0.717, 1.165) is 28.0 Å². The number of likely N-dealkylation sites (N-methyl/N-ethyl adjacent to an activating group) is 1. The lowest BCUT2D eigenvalue weighted by atomic mass is 9.98. The fourth-order valence-electron chi connectivity index (χ4n) is 4.04. The Bertz CT molecular complexity index is 1270. The molecule has 1 unspecified atom stereocenters. The predicted octanol–water partition coefficient (Wildman–Crippen LogP) is 4.57. The van der Waals surface area contributed by atoms with Crippen molar-refractivity contribution in [3.63, 3.8) is 0 Å². The van der Waals surface area contributed by atoms with Crippen LogP contribution in [0.1, 0.15) is 25.3 Å². The number of carbonyl (C=O) groups excluding carboxylic acids is 1. The van der Waals surface area contributed by atoms with Crippen LogP contribution >= 0.6 is 34.3 Å². The van der Waals surface area contributed by atoms with E-state index in [2.05, 4.69) is 19.1 Å². The number of anilines is 1. The molecule has 1 aliphatic heterocycles. The van der Waals surface area contributed by atoms with E-state index in [4.69, 9.17) is 16.6 Å². The summed E-state index contributed by atoms with van der Waals surface area (Å²) in [5, 5.41) is 0.667. The molecule has 1 atom stereocenters. The van der Waals surface area contributed by atoms with E-state index in [9.17, 15) is 13.2 Å². The fourth-order valence-corrected chi connectivity index (χ4v) is 8.26. The van der Waals surface area contributed by atoms with Crippen molar-refractivity contribution in [3.8, 4) is 0 Å². The standard InChI is InChI=1S/C23H29ClN4O3S3/c1-4-16-7-8-18-19(14-16)32-23(25-18)28(13-12-26(2)3)22(29)17-6-5-11-27(15-17)34(30,31)21-10-9-20(24)33-21/h7-10,14,17H,4-6,11-13,15H2,1-3H3. The van der Waals surface area contributed by atoms with Gasteiger partial charge in [-0.25, -0.2) is 13.4 Å². The molecule has 1 amide bonds. The maximum atomic E-state index is 13.8. The highest BCUT2D eigenvalue weighted by molar-refractivity contribution is 7.91. The van der Waals surface area contributed by atoms with E-state index in [1.807, 2.05) is 25.1 Å². The second-order valence-electron chi connectivity index (χ2n) is 8.71. The lowest BCUT2D eigenvalue weighted by Crippen LogP contribution is -2.48. The van der Waals surface area contributed by atoms with Crippen molar-refractivity contribution in [2.45, 2.75) is 30.4 Å². The molecule has 1 aliphatic rings. The number of halogens is 1. The maximum Gasteiger partial charge on any atom is 0.252 e. The molecule has 0 bridgehead atoms. The third-order valence-electron chi connectivity index (χ3n) is 5.99. The predicted molar refractivity (Wildman–Crippen MR) is 141 cm³/mol. The first-order chi connectivity index (χ1) is 16.2. The van der Waals surface area contributed by atoms with Crippen molar-refractivity contribution < 1.29 is 13.2 Å². The summed E-state index contributed by atoms with van der Waals surface area (Å²) >= 11 is 8.53. The average molecular weight is 541 g/mol. The van der Waals surface area contributed by atoms with Gasteiger partial charge in [0, 0.05) is 26.2 Å². The molecule has 1 saturated heterocycles. The minimum Gasteiger partial charge on any atom is -0.308 e. The molecule has 4 rings (SSSR count). The van der Waals surface area contributed by atoms with Crippen LogP contribution in [0.4, 0.5) is 5.13 Å². The number of aryl methyl sites for hydroxylation is 1. The molecular weight excluding hydrogens is 512 g/mol. The Labute approximate surface area is 214 Å². The molecule has 1 aromatic carbocycles. The number of rotatable bonds is 8. The van der Waals surface area contributed by atoms with Gasteiger partial charge in [0.25, 0.3) is 10.0 Å². The number of piperidine rings is 1. The highest BCUT2D eigenvalue weighted by atomic mass is 35.5. The van der Waals surface area contributed by atoms with Gasteiger partial charge in [-0.15, -0.1) is 11.3 Å². The van der Waals surface area contributed by atoms with Gasteiger partial charge in [-0.1, -0.05) is 35.9 Å². The molecule has 184 valence electrons. The lowest BCUT2D eigenvalue weighted by molar-refractivity contribution is -0.123. The largest absolute Gasteiger partial charge is 0.308 e. The molecule has 0 aliphatic carbocycles. The van der Waals surface area contributed by atoms with Crippen LogP contribution < -0.4 is 4.90 Å². The number of fused-ring (bicyclic) bond motifs is 1. The Morgan fingerprint density at radius 3 is 2.68 bits per heavy atom. The number of hydrogen-bond donors (Lipinski definition) is 0. The van der Waals surface area contributed by atoms with E-state index >= 15 is 0 Å². The van der Waals surface area contributed by atoms with Gasteiger partial charge in [-0.05, 0) is 63.2 Å². The molecule has 3 heterocycles. The highest BCUT2D eigenvalue weighted by Crippen LogP contribution is 2.34. The van der Waals surface area contributed by atoms with E-state index in [0.29, 0.717) is 41.9 Å². The lowest BCUT2D eigenvalue weighted by Gasteiger charge is -2.33. The third kappa shape index (κ3) is 5.47. The molecular formula is C23H29ClN4O3S3. The zero-order valence-electron chi connectivity index (χ0n) is 19.5. The van der Waals surface area contributed by atoms with Crippen molar-refractivity contribution in [1.82, 2.24) is 14.2 Å². The van der Waals surface area contributed by atoms with Gasteiger partial charge < -0.3 is 4.90 Å². The van der Waals surface area contributed by atoms with Crippen LogP contribution in [0.25, 0.3) is 10.2 Å². The van der Waals surface area contributed by atoms with E-state index in [1.165, 1.54) is 27.3 Å². The fraction of sp³-hybridized carbons (Fsp3) is 0.478. The third-order valence-corrected chi connectivity index (χ3v) is 10.6. The quantitative estimate of drug-likeness (QED) is 0.418. The number of amides is 1. The maximum absolute atomic E-state index is 13.8. The molecule has 0 saturated carbocycles. The van der Waals surface area contributed by atoms with Gasteiger partial charge in [0.15, 0.2) is 5.13 Å². The van der Waals surface area contributed by atoms with Crippen molar-refractivity contribution in [1.29, 1.82) is 0 Å². The summed E-state index contributed by atoms with van der Waals surface area (Å²) < 4.78 is 29.4. The van der Waals surface area contributed by atoms with E-state index < -0.39 is 15.9 Å². The molecule has 7 nitrogen and oxygen atoms in total. The first-order valence-electron chi connectivity index (χ1n) is 11.3.